The third kappa shape index (κ3) is 3.74. The van der Waals surface area contributed by atoms with E-state index in [-0.39, 0.29) is 6.61 Å². The molecule has 0 aromatic heterocycles. The van der Waals surface area contributed by atoms with Crippen LogP contribution in [0.15, 0.2) is 48.5 Å². The molecule has 0 saturated heterocycles. The summed E-state index contributed by atoms with van der Waals surface area (Å²) in [7, 11) is 0. The van der Waals surface area contributed by atoms with Crippen LogP contribution >= 0.6 is 0 Å². The summed E-state index contributed by atoms with van der Waals surface area (Å²) in [5.74, 6) is 0.971. The van der Waals surface area contributed by atoms with Gasteiger partial charge in [-0.25, -0.2) is 4.79 Å². The number of rotatable bonds is 5. The minimum atomic E-state index is -1.000. The summed E-state index contributed by atoms with van der Waals surface area (Å²) in [5.41, 5.74) is 1.05. The number of hydrogen-bond acceptors (Lipinski definition) is 3. The van der Waals surface area contributed by atoms with Gasteiger partial charge in [0.25, 0.3) is 0 Å². The summed E-state index contributed by atoms with van der Waals surface area (Å²) in [6, 6.07) is 14.6. The summed E-state index contributed by atoms with van der Waals surface area (Å²) in [6.07, 6.45) is 0. The van der Waals surface area contributed by atoms with Crippen molar-refractivity contribution in [3.8, 4) is 17.2 Å². The van der Waals surface area contributed by atoms with Gasteiger partial charge in [-0.1, -0.05) is 18.2 Å². The smallest absolute Gasteiger partial charge is 0.341 e. The van der Waals surface area contributed by atoms with Crippen LogP contribution in [-0.4, -0.2) is 17.7 Å². The molecule has 4 nitrogen and oxygen atoms in total. The Morgan fingerprint density at radius 3 is 2.32 bits per heavy atom. The Labute approximate surface area is 111 Å². The molecule has 0 bridgehead atoms. The van der Waals surface area contributed by atoms with E-state index in [4.69, 9.17) is 14.6 Å². The van der Waals surface area contributed by atoms with Crippen LogP contribution in [0.1, 0.15) is 5.56 Å². The van der Waals surface area contributed by atoms with Crippen LogP contribution in [0.5, 0.6) is 17.2 Å². The van der Waals surface area contributed by atoms with Gasteiger partial charge in [-0.2, -0.15) is 0 Å². The minimum Gasteiger partial charge on any atom is -0.482 e. The zero-order valence-corrected chi connectivity index (χ0v) is 10.5. The standard InChI is InChI=1S/C15H14O4/c1-11-4-2-3-5-14(11)19-13-8-6-12(7-9-13)18-10-15(16)17/h2-9H,10H2,1H3,(H,16,17). The monoisotopic (exact) mass is 258 g/mol. The first-order valence-corrected chi connectivity index (χ1v) is 5.83. The predicted octanol–water partition coefficient (Wildman–Crippen LogP) is 3.25. The topological polar surface area (TPSA) is 55.8 Å². The Balaban J connectivity index is 2.03. The lowest BCUT2D eigenvalue weighted by atomic mass is 10.2. The molecule has 98 valence electrons. The molecule has 0 saturated carbocycles. The Morgan fingerprint density at radius 2 is 1.68 bits per heavy atom. The first kappa shape index (κ1) is 13.0. The second-order valence-corrected chi connectivity index (χ2v) is 4.02. The van der Waals surface area contributed by atoms with E-state index in [1.54, 1.807) is 24.3 Å². The average Bonchev–Trinajstić information content (AvgIpc) is 2.40. The van der Waals surface area contributed by atoms with Crippen molar-refractivity contribution in [2.75, 3.05) is 6.61 Å². The van der Waals surface area contributed by atoms with E-state index in [1.807, 2.05) is 31.2 Å². The number of carbonyl (C=O) groups is 1. The highest BCUT2D eigenvalue weighted by Crippen LogP contribution is 2.26. The Kier molecular flexibility index (Phi) is 4.03. The van der Waals surface area contributed by atoms with E-state index < -0.39 is 5.97 Å². The number of carboxylic acids is 1. The fourth-order valence-corrected chi connectivity index (χ4v) is 1.55. The number of para-hydroxylation sites is 1. The van der Waals surface area contributed by atoms with Crippen molar-refractivity contribution in [1.29, 1.82) is 0 Å². The molecule has 0 amide bonds. The van der Waals surface area contributed by atoms with Crippen LogP contribution in [0.2, 0.25) is 0 Å². The molecule has 0 unspecified atom stereocenters. The number of hydrogen-bond donors (Lipinski definition) is 1. The van der Waals surface area contributed by atoms with E-state index in [1.165, 1.54) is 0 Å². The first-order valence-electron chi connectivity index (χ1n) is 5.83. The maximum absolute atomic E-state index is 10.4. The molecule has 1 N–H and O–H groups in total. The number of ether oxygens (including phenoxy) is 2. The van der Waals surface area contributed by atoms with Crippen molar-refractivity contribution >= 4 is 5.97 Å². The molecule has 4 heteroatoms. The molecule has 0 aliphatic carbocycles. The number of aliphatic carboxylic acids is 1. The molecular formula is C15H14O4. The maximum atomic E-state index is 10.4. The van der Waals surface area contributed by atoms with Crippen molar-refractivity contribution in [1.82, 2.24) is 0 Å². The van der Waals surface area contributed by atoms with Crippen molar-refractivity contribution < 1.29 is 19.4 Å². The van der Waals surface area contributed by atoms with E-state index in [9.17, 15) is 4.79 Å². The number of carboxylic acid groups (broad SMARTS) is 1. The average molecular weight is 258 g/mol. The van der Waals surface area contributed by atoms with Crippen molar-refractivity contribution in [3.63, 3.8) is 0 Å². The van der Waals surface area contributed by atoms with Gasteiger partial charge in [0, 0.05) is 0 Å². The van der Waals surface area contributed by atoms with Crippen LogP contribution in [0.3, 0.4) is 0 Å². The highest BCUT2D eigenvalue weighted by atomic mass is 16.5. The molecule has 0 heterocycles. The van der Waals surface area contributed by atoms with Gasteiger partial charge in [-0.15, -0.1) is 0 Å². The van der Waals surface area contributed by atoms with E-state index in [0.29, 0.717) is 11.5 Å². The Hall–Kier alpha value is -2.49. The molecule has 0 radical (unpaired) electrons. The summed E-state index contributed by atoms with van der Waals surface area (Å²) in [4.78, 5) is 10.4. The fraction of sp³-hybridized carbons (Fsp3) is 0.133. The Morgan fingerprint density at radius 1 is 1.05 bits per heavy atom. The number of benzene rings is 2. The first-order chi connectivity index (χ1) is 9.15. The summed E-state index contributed by atoms with van der Waals surface area (Å²) in [6.45, 7) is 1.62. The van der Waals surface area contributed by atoms with Gasteiger partial charge in [0.1, 0.15) is 17.2 Å². The quantitative estimate of drug-likeness (QED) is 0.894. The van der Waals surface area contributed by atoms with Crippen molar-refractivity contribution in [2.45, 2.75) is 6.92 Å². The normalized spacial score (nSPS) is 9.95. The van der Waals surface area contributed by atoms with Gasteiger partial charge in [-0.05, 0) is 42.8 Å². The molecular weight excluding hydrogens is 244 g/mol. The van der Waals surface area contributed by atoms with Crippen LogP contribution in [0, 0.1) is 6.92 Å². The third-order valence-electron chi connectivity index (χ3n) is 2.51. The molecule has 0 aliphatic heterocycles. The SMILES string of the molecule is Cc1ccccc1Oc1ccc(OCC(=O)O)cc1. The van der Waals surface area contributed by atoms with Crippen LogP contribution in [0.4, 0.5) is 0 Å². The van der Waals surface area contributed by atoms with Crippen LogP contribution in [0.25, 0.3) is 0 Å². The molecule has 0 aliphatic rings. The molecule has 0 fully saturated rings. The Bertz CT molecular complexity index is 561. The van der Waals surface area contributed by atoms with Crippen molar-refractivity contribution in [2.24, 2.45) is 0 Å². The van der Waals surface area contributed by atoms with E-state index in [0.717, 1.165) is 11.3 Å². The second-order valence-electron chi connectivity index (χ2n) is 4.02. The van der Waals surface area contributed by atoms with Crippen LogP contribution in [-0.2, 0) is 4.79 Å². The third-order valence-corrected chi connectivity index (χ3v) is 2.51. The maximum Gasteiger partial charge on any atom is 0.341 e. The fourth-order valence-electron chi connectivity index (χ4n) is 1.55. The van der Waals surface area contributed by atoms with Gasteiger partial charge in [-0.3, -0.25) is 0 Å². The summed E-state index contributed by atoms with van der Waals surface area (Å²) < 4.78 is 10.8. The van der Waals surface area contributed by atoms with Gasteiger partial charge in [0.2, 0.25) is 0 Å². The minimum absolute atomic E-state index is 0.349. The molecule has 0 spiro atoms. The number of aryl methyl sites for hydroxylation is 1. The second kappa shape index (κ2) is 5.91. The zero-order chi connectivity index (χ0) is 13.7. The summed E-state index contributed by atoms with van der Waals surface area (Å²) >= 11 is 0. The van der Waals surface area contributed by atoms with Gasteiger partial charge < -0.3 is 14.6 Å². The molecule has 0 atom stereocenters. The highest BCUT2D eigenvalue weighted by Gasteiger charge is 2.02. The van der Waals surface area contributed by atoms with Gasteiger partial charge in [0.15, 0.2) is 6.61 Å². The zero-order valence-electron chi connectivity index (χ0n) is 10.5. The lowest BCUT2D eigenvalue weighted by Gasteiger charge is -2.09. The van der Waals surface area contributed by atoms with Gasteiger partial charge in [0.05, 0.1) is 0 Å². The van der Waals surface area contributed by atoms with E-state index >= 15 is 0 Å². The molecule has 2 rings (SSSR count). The molecule has 2 aromatic carbocycles. The lowest BCUT2D eigenvalue weighted by Crippen LogP contribution is -2.09. The van der Waals surface area contributed by atoms with E-state index in [2.05, 4.69) is 0 Å². The van der Waals surface area contributed by atoms with Crippen molar-refractivity contribution in [3.05, 3.63) is 54.1 Å². The highest BCUT2D eigenvalue weighted by molar-refractivity contribution is 5.68. The van der Waals surface area contributed by atoms with Gasteiger partial charge >= 0.3 is 5.97 Å². The van der Waals surface area contributed by atoms with Crippen LogP contribution < -0.4 is 9.47 Å². The summed E-state index contributed by atoms with van der Waals surface area (Å²) in [5, 5.41) is 8.51. The predicted molar refractivity (Wildman–Crippen MR) is 70.8 cm³/mol. The lowest BCUT2D eigenvalue weighted by molar-refractivity contribution is -0.139. The largest absolute Gasteiger partial charge is 0.482 e. The molecule has 19 heavy (non-hydrogen) atoms. The molecule has 2 aromatic rings.